The molecule has 4 nitrogen and oxygen atoms in total. The highest BCUT2D eigenvalue weighted by Gasteiger charge is 2.47. The number of methoxy groups -OCH3 is 1. The van der Waals surface area contributed by atoms with Gasteiger partial charge in [0.25, 0.3) is 0 Å². The van der Waals surface area contributed by atoms with Crippen LogP contribution in [-0.4, -0.2) is 41.4 Å². The van der Waals surface area contributed by atoms with Crippen LogP contribution in [0.15, 0.2) is 0 Å². The van der Waals surface area contributed by atoms with E-state index in [-0.39, 0.29) is 30.2 Å². The minimum atomic E-state index is -0.371. The molecule has 0 aromatic heterocycles. The molecule has 0 aromatic carbocycles. The fourth-order valence-electron chi connectivity index (χ4n) is 3.00. The summed E-state index contributed by atoms with van der Waals surface area (Å²) in [6.07, 6.45) is 8.09. The molecular formula is C12H17NO3. The van der Waals surface area contributed by atoms with Crippen LogP contribution in [0.3, 0.4) is 0 Å². The molecule has 2 fully saturated rings. The maximum atomic E-state index is 11.7. The third-order valence-corrected chi connectivity index (χ3v) is 3.75. The van der Waals surface area contributed by atoms with E-state index in [0.29, 0.717) is 6.42 Å². The van der Waals surface area contributed by atoms with E-state index in [2.05, 4.69) is 5.92 Å². The number of ether oxygens (including phenoxy) is 1. The largest absolute Gasteiger partial charge is 0.453 e. The maximum absolute atomic E-state index is 11.7. The molecule has 16 heavy (non-hydrogen) atoms. The first-order chi connectivity index (χ1) is 7.69. The molecule has 0 radical (unpaired) electrons. The molecule has 0 spiro atoms. The lowest BCUT2D eigenvalue weighted by Gasteiger charge is -2.34. The van der Waals surface area contributed by atoms with Crippen molar-refractivity contribution >= 4 is 6.09 Å². The lowest BCUT2D eigenvalue weighted by atomic mass is 9.82. The van der Waals surface area contributed by atoms with Gasteiger partial charge in [-0.3, -0.25) is 4.90 Å². The predicted molar refractivity (Wildman–Crippen MR) is 58.6 cm³/mol. The van der Waals surface area contributed by atoms with E-state index in [1.165, 1.54) is 7.11 Å². The first-order valence-corrected chi connectivity index (χ1v) is 5.69. The van der Waals surface area contributed by atoms with Gasteiger partial charge in [-0.05, 0) is 25.7 Å². The van der Waals surface area contributed by atoms with Crippen molar-refractivity contribution in [2.24, 2.45) is 5.92 Å². The van der Waals surface area contributed by atoms with Gasteiger partial charge in [-0.15, -0.1) is 6.42 Å². The molecule has 1 aliphatic carbocycles. The summed E-state index contributed by atoms with van der Waals surface area (Å²) in [7, 11) is 1.36. The van der Waals surface area contributed by atoms with Crippen molar-refractivity contribution < 1.29 is 14.6 Å². The van der Waals surface area contributed by atoms with Crippen molar-refractivity contribution in [2.75, 3.05) is 7.11 Å². The Morgan fingerprint density at radius 1 is 1.56 bits per heavy atom. The van der Waals surface area contributed by atoms with Gasteiger partial charge in [0, 0.05) is 12.0 Å². The maximum Gasteiger partial charge on any atom is 0.410 e. The zero-order chi connectivity index (χ0) is 11.7. The average Bonchev–Trinajstić information content (AvgIpc) is 2.68. The van der Waals surface area contributed by atoms with Crippen molar-refractivity contribution in [1.82, 2.24) is 4.90 Å². The number of terminal acetylenes is 1. The number of amides is 1. The molecule has 1 unspecified atom stereocenters. The average molecular weight is 223 g/mol. The van der Waals surface area contributed by atoms with Gasteiger partial charge in [0.15, 0.2) is 0 Å². The molecule has 2 rings (SSSR count). The van der Waals surface area contributed by atoms with Gasteiger partial charge in [0.05, 0.1) is 19.3 Å². The highest BCUT2D eigenvalue weighted by Crippen LogP contribution is 2.39. The highest BCUT2D eigenvalue weighted by atomic mass is 16.5. The Morgan fingerprint density at radius 3 is 2.94 bits per heavy atom. The molecule has 4 atom stereocenters. The second-order valence-electron chi connectivity index (χ2n) is 4.52. The van der Waals surface area contributed by atoms with E-state index in [1.807, 2.05) is 0 Å². The fourth-order valence-corrected chi connectivity index (χ4v) is 3.00. The molecule has 88 valence electrons. The molecule has 1 N–H and O–H groups in total. The second kappa shape index (κ2) is 4.34. The summed E-state index contributed by atoms with van der Waals surface area (Å²) in [5.41, 5.74) is 0. The van der Waals surface area contributed by atoms with Gasteiger partial charge in [-0.2, -0.15) is 0 Å². The van der Waals surface area contributed by atoms with E-state index < -0.39 is 0 Å². The number of fused-ring (bicyclic) bond motifs is 1. The number of aliphatic hydroxyl groups excluding tert-OH is 1. The molecule has 1 amide bonds. The van der Waals surface area contributed by atoms with Gasteiger partial charge in [0.1, 0.15) is 0 Å². The Bertz CT molecular complexity index is 323. The van der Waals surface area contributed by atoms with Crippen LogP contribution >= 0.6 is 0 Å². The molecule has 4 heteroatoms. The molecule has 1 heterocycles. The lowest BCUT2D eigenvalue weighted by molar-refractivity contribution is 0.0382. The Labute approximate surface area is 95.6 Å². The van der Waals surface area contributed by atoms with Gasteiger partial charge < -0.3 is 9.84 Å². The number of likely N-dealkylation sites (tertiary alicyclic amines) is 1. The SMILES string of the molecule is C#CC1C[C@@H]2[C@@H](CCC[C@@H]2O)N1C(=O)OC. The lowest BCUT2D eigenvalue weighted by Crippen LogP contribution is -2.45. The van der Waals surface area contributed by atoms with E-state index >= 15 is 0 Å². The Balaban J connectivity index is 2.22. The molecule has 1 saturated carbocycles. The highest BCUT2D eigenvalue weighted by molar-refractivity contribution is 5.69. The summed E-state index contributed by atoms with van der Waals surface area (Å²) in [6, 6.07) is -0.174. The van der Waals surface area contributed by atoms with Crippen LogP contribution in [0.1, 0.15) is 25.7 Å². The summed E-state index contributed by atoms with van der Waals surface area (Å²) in [5, 5.41) is 9.92. The smallest absolute Gasteiger partial charge is 0.410 e. The number of aliphatic hydroxyl groups is 1. The first kappa shape index (κ1) is 11.3. The van der Waals surface area contributed by atoms with Gasteiger partial charge in [-0.1, -0.05) is 5.92 Å². The van der Waals surface area contributed by atoms with Gasteiger partial charge in [-0.25, -0.2) is 4.79 Å². The summed E-state index contributed by atoms with van der Waals surface area (Å²) in [5.74, 6) is 2.74. The topological polar surface area (TPSA) is 49.8 Å². The van der Waals surface area contributed by atoms with Crippen LogP contribution < -0.4 is 0 Å². The second-order valence-corrected chi connectivity index (χ2v) is 4.52. The number of carbonyl (C=O) groups is 1. The first-order valence-electron chi connectivity index (χ1n) is 5.69. The van der Waals surface area contributed by atoms with Crippen LogP contribution in [-0.2, 0) is 4.74 Å². The molecule has 0 bridgehead atoms. The number of rotatable bonds is 0. The summed E-state index contributed by atoms with van der Waals surface area (Å²) in [4.78, 5) is 13.3. The van der Waals surface area contributed by atoms with Crippen molar-refractivity contribution in [3.05, 3.63) is 0 Å². The van der Waals surface area contributed by atoms with Crippen molar-refractivity contribution in [2.45, 2.75) is 43.9 Å². The standard InChI is InChI=1S/C12H17NO3/c1-3-8-7-9-10(5-4-6-11(9)14)13(8)12(15)16-2/h1,8-11,14H,4-7H2,2H3/t8?,9-,10-,11+/m1/s1. The van der Waals surface area contributed by atoms with Crippen molar-refractivity contribution in [3.63, 3.8) is 0 Å². The van der Waals surface area contributed by atoms with Crippen molar-refractivity contribution in [3.8, 4) is 12.3 Å². The zero-order valence-corrected chi connectivity index (χ0v) is 9.43. The fraction of sp³-hybridized carbons (Fsp3) is 0.750. The number of carbonyl (C=O) groups excluding carboxylic acids is 1. The number of hydrogen-bond acceptors (Lipinski definition) is 3. The third kappa shape index (κ3) is 1.65. The van der Waals surface area contributed by atoms with Crippen LogP contribution in [0.5, 0.6) is 0 Å². The van der Waals surface area contributed by atoms with Gasteiger partial charge in [0.2, 0.25) is 0 Å². The van der Waals surface area contributed by atoms with Crippen LogP contribution in [0.4, 0.5) is 4.79 Å². The van der Waals surface area contributed by atoms with E-state index in [4.69, 9.17) is 11.2 Å². The normalized spacial score (nSPS) is 37.7. The number of nitrogens with zero attached hydrogens (tertiary/aromatic N) is 1. The third-order valence-electron chi connectivity index (χ3n) is 3.75. The molecule has 1 saturated heterocycles. The zero-order valence-electron chi connectivity index (χ0n) is 9.43. The molecule has 0 aromatic rings. The summed E-state index contributed by atoms with van der Waals surface area (Å²) >= 11 is 0. The monoisotopic (exact) mass is 223 g/mol. The summed E-state index contributed by atoms with van der Waals surface area (Å²) < 4.78 is 4.76. The van der Waals surface area contributed by atoms with Crippen LogP contribution in [0, 0.1) is 18.3 Å². The number of hydrogen-bond donors (Lipinski definition) is 1. The van der Waals surface area contributed by atoms with E-state index in [1.54, 1.807) is 4.90 Å². The molecule has 2 aliphatic rings. The van der Waals surface area contributed by atoms with Crippen LogP contribution in [0.25, 0.3) is 0 Å². The predicted octanol–water partition coefficient (Wildman–Crippen LogP) is 0.990. The van der Waals surface area contributed by atoms with E-state index in [0.717, 1.165) is 19.3 Å². The van der Waals surface area contributed by atoms with E-state index in [9.17, 15) is 9.90 Å². The Hall–Kier alpha value is -1.21. The van der Waals surface area contributed by atoms with Crippen molar-refractivity contribution in [1.29, 1.82) is 0 Å². The van der Waals surface area contributed by atoms with Gasteiger partial charge >= 0.3 is 6.09 Å². The quantitative estimate of drug-likeness (QED) is 0.623. The molecule has 1 aliphatic heterocycles. The minimum Gasteiger partial charge on any atom is -0.453 e. The Kier molecular flexibility index (Phi) is 3.06. The molecular weight excluding hydrogens is 206 g/mol. The Morgan fingerprint density at radius 2 is 2.31 bits per heavy atom. The minimum absolute atomic E-state index is 0.0530. The summed E-state index contributed by atoms with van der Waals surface area (Å²) in [6.45, 7) is 0. The van der Waals surface area contributed by atoms with Crippen LogP contribution in [0.2, 0.25) is 0 Å².